The fraction of sp³-hybridized carbons (Fsp3) is 0.381. The van der Waals surface area contributed by atoms with Crippen molar-refractivity contribution in [2.45, 2.75) is 38.4 Å². The molecule has 0 saturated heterocycles. The first-order valence-corrected chi connectivity index (χ1v) is 11.3. The molecule has 1 aromatic carbocycles. The van der Waals surface area contributed by atoms with Gasteiger partial charge in [-0.25, -0.2) is 4.98 Å². The second kappa shape index (κ2) is 7.72. The second-order valence-electron chi connectivity index (χ2n) is 7.05. The molecule has 5 nitrogen and oxygen atoms in total. The second-order valence-corrected chi connectivity index (χ2v) is 9.20. The van der Waals surface area contributed by atoms with Crippen molar-refractivity contribution >= 4 is 39.2 Å². The van der Waals surface area contributed by atoms with Crippen molar-refractivity contribution in [2.75, 3.05) is 12.3 Å². The van der Waals surface area contributed by atoms with Crippen LogP contribution in [-0.2, 0) is 31.2 Å². The monoisotopic (exact) mass is 413 g/mol. The lowest BCUT2D eigenvalue weighted by Crippen LogP contribution is -2.37. The van der Waals surface area contributed by atoms with Crippen molar-refractivity contribution in [2.24, 2.45) is 7.05 Å². The average Bonchev–Trinajstić information content (AvgIpc) is 3.04. The maximum Gasteiger partial charge on any atom is 0.262 e. The summed E-state index contributed by atoms with van der Waals surface area (Å²) in [4.78, 5) is 34.1. The number of thiophene rings is 1. The van der Waals surface area contributed by atoms with Crippen LogP contribution in [0.4, 0.5) is 0 Å². The molecule has 0 aliphatic carbocycles. The Morgan fingerprint density at radius 2 is 2.04 bits per heavy atom. The molecule has 0 saturated carbocycles. The summed E-state index contributed by atoms with van der Waals surface area (Å²) in [6.45, 7) is 5.50. The van der Waals surface area contributed by atoms with Crippen molar-refractivity contribution in [3.8, 4) is 0 Å². The van der Waals surface area contributed by atoms with Gasteiger partial charge in [0.05, 0.1) is 11.1 Å². The number of hydrogen-bond donors (Lipinski definition) is 0. The lowest BCUT2D eigenvalue weighted by Gasteiger charge is -2.28. The normalized spacial score (nSPS) is 13.8. The highest BCUT2D eigenvalue weighted by Gasteiger charge is 2.22. The number of carbonyl (C=O) groups is 1. The molecule has 0 radical (unpaired) electrons. The fourth-order valence-corrected chi connectivity index (χ4v) is 5.79. The van der Waals surface area contributed by atoms with Gasteiger partial charge in [0, 0.05) is 25.0 Å². The highest BCUT2D eigenvalue weighted by Crippen LogP contribution is 2.29. The largest absolute Gasteiger partial charge is 0.337 e. The number of rotatable bonds is 4. The van der Waals surface area contributed by atoms with Gasteiger partial charge in [-0.05, 0) is 36.5 Å². The number of hydrogen-bond acceptors (Lipinski definition) is 5. The molecule has 0 unspecified atom stereocenters. The number of nitrogens with zero attached hydrogens (tertiary/aromatic N) is 3. The lowest BCUT2D eigenvalue weighted by atomic mass is 10.00. The first-order valence-electron chi connectivity index (χ1n) is 9.46. The van der Waals surface area contributed by atoms with Gasteiger partial charge in [0.25, 0.3) is 5.56 Å². The minimum Gasteiger partial charge on any atom is -0.337 e. The Hall–Kier alpha value is -2.12. The number of thioether (sulfide) groups is 1. The predicted octanol–water partition coefficient (Wildman–Crippen LogP) is 3.54. The Bertz CT molecular complexity index is 1120. The van der Waals surface area contributed by atoms with E-state index in [0.29, 0.717) is 17.5 Å². The van der Waals surface area contributed by atoms with E-state index in [4.69, 9.17) is 4.98 Å². The minimum atomic E-state index is -0.0203. The van der Waals surface area contributed by atoms with Crippen LogP contribution in [0.15, 0.2) is 34.2 Å². The molecular formula is C21H23N3O2S2. The molecule has 3 aromatic rings. The highest BCUT2D eigenvalue weighted by molar-refractivity contribution is 7.99. The van der Waals surface area contributed by atoms with E-state index in [1.807, 2.05) is 24.0 Å². The average molecular weight is 414 g/mol. The molecule has 2 aromatic heterocycles. The summed E-state index contributed by atoms with van der Waals surface area (Å²) in [5.74, 6) is 0.379. The van der Waals surface area contributed by atoms with Crippen molar-refractivity contribution in [1.82, 2.24) is 14.5 Å². The highest BCUT2D eigenvalue weighted by atomic mass is 32.2. The van der Waals surface area contributed by atoms with Crippen LogP contribution in [0.2, 0.25) is 0 Å². The van der Waals surface area contributed by atoms with Crippen LogP contribution in [-0.4, -0.2) is 32.7 Å². The molecule has 7 heteroatoms. The van der Waals surface area contributed by atoms with Crippen molar-refractivity contribution in [3.63, 3.8) is 0 Å². The van der Waals surface area contributed by atoms with Gasteiger partial charge in [-0.15, -0.1) is 11.3 Å². The molecule has 1 aliphatic heterocycles. The van der Waals surface area contributed by atoms with E-state index in [1.54, 1.807) is 23.0 Å². The topological polar surface area (TPSA) is 55.2 Å². The zero-order chi connectivity index (χ0) is 19.8. The standard InChI is InChI=1S/C21H23N3O2S2/c1-4-16-13(2)28-19-18(16)20(26)23(3)21(22-19)27-12-17(25)24-10-9-14-7-5-6-8-15(14)11-24/h5-8H,4,9-12H2,1-3H3. The number of aromatic nitrogens is 2. The molecule has 0 atom stereocenters. The summed E-state index contributed by atoms with van der Waals surface area (Å²) in [5, 5.41) is 1.34. The zero-order valence-electron chi connectivity index (χ0n) is 16.3. The Kier molecular flexibility index (Phi) is 5.29. The number of fused-ring (bicyclic) bond motifs is 2. The third-order valence-corrected chi connectivity index (χ3v) is 7.41. The van der Waals surface area contributed by atoms with Gasteiger partial charge in [-0.3, -0.25) is 14.2 Å². The van der Waals surface area contributed by atoms with Crippen molar-refractivity contribution in [1.29, 1.82) is 0 Å². The fourth-order valence-electron chi connectivity index (χ4n) is 3.76. The van der Waals surface area contributed by atoms with Crippen LogP contribution >= 0.6 is 23.1 Å². The summed E-state index contributed by atoms with van der Waals surface area (Å²) in [6, 6.07) is 8.29. The third kappa shape index (κ3) is 3.37. The molecule has 0 fully saturated rings. The van der Waals surface area contributed by atoms with Gasteiger partial charge < -0.3 is 4.90 Å². The molecule has 0 spiro atoms. The van der Waals surface area contributed by atoms with Crippen molar-refractivity contribution in [3.05, 3.63) is 56.2 Å². The Morgan fingerprint density at radius 1 is 1.29 bits per heavy atom. The van der Waals surface area contributed by atoms with Gasteiger partial charge in [-0.1, -0.05) is 43.0 Å². The number of carbonyl (C=O) groups excluding carboxylic acids is 1. The molecule has 1 amide bonds. The predicted molar refractivity (Wildman–Crippen MR) is 115 cm³/mol. The van der Waals surface area contributed by atoms with E-state index in [0.717, 1.165) is 40.0 Å². The summed E-state index contributed by atoms with van der Waals surface area (Å²) < 4.78 is 1.58. The quantitative estimate of drug-likeness (QED) is 0.485. The minimum absolute atomic E-state index is 0.0203. The summed E-state index contributed by atoms with van der Waals surface area (Å²) in [6.07, 6.45) is 1.72. The first-order chi connectivity index (χ1) is 13.5. The smallest absolute Gasteiger partial charge is 0.262 e. The molecule has 1 aliphatic rings. The number of amides is 1. The molecule has 0 bridgehead atoms. The van der Waals surface area contributed by atoms with Crippen LogP contribution in [0.5, 0.6) is 0 Å². The summed E-state index contributed by atoms with van der Waals surface area (Å²) in [7, 11) is 1.74. The molecule has 4 rings (SSSR count). The van der Waals surface area contributed by atoms with Crippen LogP contribution in [0.25, 0.3) is 10.2 Å². The summed E-state index contributed by atoms with van der Waals surface area (Å²) in [5.41, 5.74) is 3.62. The Labute approximate surface area is 172 Å². The van der Waals surface area contributed by atoms with Crippen LogP contribution in [0.3, 0.4) is 0 Å². The number of aryl methyl sites for hydroxylation is 2. The third-order valence-electron chi connectivity index (χ3n) is 5.35. The van der Waals surface area contributed by atoms with E-state index in [9.17, 15) is 9.59 Å². The molecule has 28 heavy (non-hydrogen) atoms. The van der Waals surface area contributed by atoms with E-state index in [1.165, 1.54) is 22.9 Å². The van der Waals surface area contributed by atoms with E-state index in [2.05, 4.69) is 19.1 Å². The van der Waals surface area contributed by atoms with Crippen molar-refractivity contribution < 1.29 is 4.79 Å². The van der Waals surface area contributed by atoms with Crippen LogP contribution in [0, 0.1) is 6.92 Å². The van der Waals surface area contributed by atoms with E-state index in [-0.39, 0.29) is 11.5 Å². The van der Waals surface area contributed by atoms with Crippen LogP contribution < -0.4 is 5.56 Å². The SMILES string of the molecule is CCc1c(C)sc2nc(SCC(=O)N3CCc4ccccc4C3)n(C)c(=O)c12. The number of benzene rings is 1. The van der Waals surface area contributed by atoms with Gasteiger partial charge in [0.1, 0.15) is 4.83 Å². The van der Waals surface area contributed by atoms with Gasteiger partial charge in [0.15, 0.2) is 5.16 Å². The zero-order valence-corrected chi connectivity index (χ0v) is 18.0. The maximum atomic E-state index is 12.8. The first kappa shape index (κ1) is 19.2. The maximum absolute atomic E-state index is 12.8. The van der Waals surface area contributed by atoms with Gasteiger partial charge in [-0.2, -0.15) is 0 Å². The van der Waals surface area contributed by atoms with Gasteiger partial charge >= 0.3 is 0 Å². The van der Waals surface area contributed by atoms with Crippen LogP contribution in [0.1, 0.15) is 28.5 Å². The van der Waals surface area contributed by atoms with E-state index >= 15 is 0 Å². The molecule has 146 valence electrons. The Balaban J connectivity index is 1.52. The lowest BCUT2D eigenvalue weighted by molar-refractivity contribution is -0.129. The van der Waals surface area contributed by atoms with Gasteiger partial charge in [0.2, 0.25) is 5.91 Å². The molecule has 3 heterocycles. The Morgan fingerprint density at radius 3 is 2.79 bits per heavy atom. The summed E-state index contributed by atoms with van der Waals surface area (Å²) >= 11 is 2.91. The molecular weight excluding hydrogens is 390 g/mol. The molecule has 0 N–H and O–H groups in total. The van der Waals surface area contributed by atoms with E-state index < -0.39 is 0 Å².